The molecule has 5 rings (SSSR count). The van der Waals surface area contributed by atoms with Gasteiger partial charge in [0.2, 0.25) is 0 Å². The average Bonchev–Trinajstić information content (AvgIpc) is 3.73. The maximum Gasteiger partial charge on any atom is 0.184 e. The second-order valence-electron chi connectivity index (χ2n) is 13.4. The van der Waals surface area contributed by atoms with Crippen LogP contribution < -0.4 is 0 Å². The summed E-state index contributed by atoms with van der Waals surface area (Å²) in [5.74, 6) is -1.95. The van der Waals surface area contributed by atoms with Gasteiger partial charge in [-0.05, 0) is 82.9 Å². The van der Waals surface area contributed by atoms with E-state index in [2.05, 4.69) is 27.5 Å². The number of hydrogen-bond acceptors (Lipinski definition) is 6. The molecule has 0 aliphatic rings. The number of hydrogen-bond donors (Lipinski definition) is 1. The third-order valence-corrected chi connectivity index (χ3v) is 12.8. The van der Waals surface area contributed by atoms with E-state index in [0.29, 0.717) is 52.7 Å². The molecule has 5 aromatic rings. The Labute approximate surface area is 302 Å². The summed E-state index contributed by atoms with van der Waals surface area (Å²) in [6.45, 7) is 9.26. The summed E-state index contributed by atoms with van der Waals surface area (Å²) >= 11 is 4.37. The fourth-order valence-corrected chi connectivity index (χ4v) is 9.26. The van der Waals surface area contributed by atoms with Crippen LogP contribution in [0, 0.1) is 22.9 Å². The molecule has 50 heavy (non-hydrogen) atoms. The van der Waals surface area contributed by atoms with Crippen molar-refractivity contribution in [3.8, 4) is 11.4 Å². The Morgan fingerprint density at radius 1 is 1.06 bits per heavy atom. The van der Waals surface area contributed by atoms with Gasteiger partial charge in [-0.15, -0.1) is 0 Å². The monoisotopic (exact) mass is 786 g/mol. The third-order valence-electron chi connectivity index (χ3n) is 8.94. The molecule has 0 unspecified atom stereocenters. The third kappa shape index (κ3) is 7.94. The first-order valence-corrected chi connectivity index (χ1v) is 19.3. The number of carbonyl (C=O) groups is 1. The Morgan fingerprint density at radius 3 is 2.54 bits per heavy atom. The van der Waals surface area contributed by atoms with E-state index < -0.39 is 38.1 Å². The Balaban J connectivity index is 1.52. The van der Waals surface area contributed by atoms with Gasteiger partial charge in [-0.25, -0.2) is 31.3 Å². The fraction of sp³-hybridized carbons (Fsp3) is 0.324. The largest absolute Gasteiger partial charge is 0.359 e. The van der Waals surface area contributed by atoms with Gasteiger partial charge in [0.05, 0.1) is 27.1 Å². The second kappa shape index (κ2) is 14.9. The molecule has 0 spiro atoms. The highest BCUT2D eigenvalue weighted by Gasteiger charge is 2.36. The number of benzene rings is 3. The van der Waals surface area contributed by atoms with Crippen LogP contribution >= 0.6 is 27.7 Å². The fourth-order valence-electron chi connectivity index (χ4n) is 6.24. The SMILES string of the molecule is C=CS(=O)(=O)CC(C)(C)CCC[C@](C)(c1cccc(CCC=O)c1)c1nc(-c2cc(Sc3c(F)c(F)c4[nH]ccc4c3Br)ccc2F)n(C)n1. The highest BCUT2D eigenvalue weighted by atomic mass is 79.9. The number of aromatic nitrogens is 4. The van der Waals surface area contributed by atoms with Crippen molar-refractivity contribution < 1.29 is 26.4 Å². The lowest BCUT2D eigenvalue weighted by Gasteiger charge is -2.30. The Kier molecular flexibility index (Phi) is 11.2. The lowest BCUT2D eigenvalue weighted by molar-refractivity contribution is -0.107. The highest BCUT2D eigenvalue weighted by molar-refractivity contribution is 9.10. The van der Waals surface area contributed by atoms with E-state index in [1.54, 1.807) is 19.2 Å². The number of nitrogens with one attached hydrogen (secondary N) is 1. The lowest BCUT2D eigenvalue weighted by atomic mass is 9.75. The first-order chi connectivity index (χ1) is 23.6. The van der Waals surface area contributed by atoms with E-state index >= 15 is 8.78 Å². The van der Waals surface area contributed by atoms with Crippen molar-refractivity contribution in [1.29, 1.82) is 0 Å². The molecule has 7 nitrogen and oxygen atoms in total. The smallest absolute Gasteiger partial charge is 0.184 e. The molecule has 0 amide bonds. The zero-order chi connectivity index (χ0) is 36.4. The standard InChI is InChI=1S/C37H38BrF3N4O3S2/c1-6-50(47,48)22-36(2,3)16-9-17-37(4,24-12-7-10-23(20-24)11-8-19-46)35-43-34(45(5)44-35)27-21-25(13-14-28(27)39)49-33-29(38)26-15-18-42-32(26)30(40)31(33)41/h6-7,10,12-15,18-21,42H,1,8-9,11,16-17,22H2,2-5H3/t37-/m1/s1. The number of fused-ring (bicyclic) bond motifs is 1. The van der Waals surface area contributed by atoms with Crippen molar-refractivity contribution in [1.82, 2.24) is 19.7 Å². The van der Waals surface area contributed by atoms with E-state index in [4.69, 9.17) is 10.1 Å². The zero-order valence-electron chi connectivity index (χ0n) is 28.2. The predicted octanol–water partition coefficient (Wildman–Crippen LogP) is 9.49. The highest BCUT2D eigenvalue weighted by Crippen LogP contribution is 2.43. The quantitative estimate of drug-likeness (QED) is 0.0839. The Morgan fingerprint density at radius 2 is 1.82 bits per heavy atom. The van der Waals surface area contributed by atoms with Crippen molar-refractivity contribution in [2.75, 3.05) is 5.75 Å². The van der Waals surface area contributed by atoms with Crippen molar-refractivity contribution in [2.24, 2.45) is 12.5 Å². The zero-order valence-corrected chi connectivity index (χ0v) is 31.4. The minimum atomic E-state index is -3.41. The van der Waals surface area contributed by atoms with E-state index in [-0.39, 0.29) is 27.6 Å². The lowest BCUT2D eigenvalue weighted by Crippen LogP contribution is -2.28. The van der Waals surface area contributed by atoms with Gasteiger partial charge >= 0.3 is 0 Å². The summed E-state index contributed by atoms with van der Waals surface area (Å²) in [7, 11) is -1.74. The molecule has 3 aromatic carbocycles. The minimum absolute atomic E-state index is 0.0247. The van der Waals surface area contributed by atoms with Gasteiger partial charge < -0.3 is 9.78 Å². The molecule has 2 aromatic heterocycles. The molecular weight excluding hydrogens is 749 g/mol. The number of rotatable bonds is 15. The second-order valence-corrected chi connectivity index (χ2v) is 17.2. The topological polar surface area (TPSA) is 97.7 Å². The number of H-pyrrole nitrogens is 1. The first kappa shape index (κ1) is 37.6. The molecule has 0 saturated heterocycles. The molecule has 0 aliphatic carbocycles. The summed E-state index contributed by atoms with van der Waals surface area (Å²) in [4.78, 5) is 19.2. The number of carbonyl (C=O) groups excluding carboxylic acids is 1. The molecule has 1 atom stereocenters. The first-order valence-electron chi connectivity index (χ1n) is 16.0. The number of aldehydes is 1. The van der Waals surface area contributed by atoms with Crippen LogP contribution in [0.15, 0.2) is 81.0 Å². The van der Waals surface area contributed by atoms with Crippen molar-refractivity contribution in [3.63, 3.8) is 0 Å². The molecule has 2 heterocycles. The van der Waals surface area contributed by atoms with E-state index in [0.717, 1.165) is 34.6 Å². The van der Waals surface area contributed by atoms with E-state index in [1.165, 1.54) is 23.0 Å². The molecule has 0 fully saturated rings. The van der Waals surface area contributed by atoms with Crippen LogP contribution in [0.2, 0.25) is 0 Å². The number of halogens is 4. The molecule has 1 N–H and O–H groups in total. The van der Waals surface area contributed by atoms with E-state index in [9.17, 15) is 17.6 Å². The van der Waals surface area contributed by atoms with Gasteiger partial charge in [-0.3, -0.25) is 0 Å². The summed E-state index contributed by atoms with van der Waals surface area (Å²) < 4.78 is 72.1. The van der Waals surface area contributed by atoms with Crippen LogP contribution in [0.4, 0.5) is 13.2 Å². The van der Waals surface area contributed by atoms with Crippen molar-refractivity contribution in [2.45, 2.75) is 68.1 Å². The number of aryl methyl sites for hydroxylation is 2. The Bertz CT molecular complexity index is 2180. The van der Waals surface area contributed by atoms with E-state index in [1.807, 2.05) is 45.0 Å². The number of nitrogens with zero attached hydrogens (tertiary/aromatic N) is 3. The van der Waals surface area contributed by atoms with Crippen LogP contribution in [0.1, 0.15) is 63.4 Å². The number of aromatic amines is 1. The summed E-state index contributed by atoms with van der Waals surface area (Å²) in [5, 5.41) is 6.25. The molecule has 264 valence electrons. The van der Waals surface area contributed by atoms with Crippen LogP contribution in [0.3, 0.4) is 0 Å². The summed E-state index contributed by atoms with van der Waals surface area (Å²) in [6, 6.07) is 13.8. The van der Waals surface area contributed by atoms with Crippen LogP contribution in [0.5, 0.6) is 0 Å². The maximum atomic E-state index is 15.5. The maximum absolute atomic E-state index is 15.5. The number of sulfone groups is 1. The molecular formula is C37H38BrF3N4O3S2. The Hall–Kier alpha value is -3.68. The molecule has 13 heteroatoms. The average molecular weight is 788 g/mol. The van der Waals surface area contributed by atoms with Gasteiger partial charge in [0.1, 0.15) is 12.1 Å². The van der Waals surface area contributed by atoms with Crippen LogP contribution in [-0.4, -0.2) is 40.2 Å². The summed E-state index contributed by atoms with van der Waals surface area (Å²) in [5.41, 5.74) is 0.759. The van der Waals surface area contributed by atoms with Gasteiger partial charge in [0, 0.05) is 39.8 Å². The molecule has 0 aliphatic heterocycles. The van der Waals surface area contributed by atoms with Crippen LogP contribution in [0.25, 0.3) is 22.3 Å². The molecule has 0 saturated carbocycles. The normalized spacial score (nSPS) is 13.4. The van der Waals surface area contributed by atoms with Crippen molar-refractivity contribution >= 4 is 54.7 Å². The molecule has 0 radical (unpaired) electrons. The minimum Gasteiger partial charge on any atom is -0.359 e. The van der Waals surface area contributed by atoms with Gasteiger partial charge in [0.25, 0.3) is 0 Å². The van der Waals surface area contributed by atoms with Gasteiger partial charge in [-0.2, -0.15) is 5.10 Å². The predicted molar refractivity (Wildman–Crippen MR) is 195 cm³/mol. The van der Waals surface area contributed by atoms with Gasteiger partial charge in [0.15, 0.2) is 33.1 Å². The van der Waals surface area contributed by atoms with Crippen LogP contribution in [-0.2, 0) is 33.5 Å². The van der Waals surface area contributed by atoms with Gasteiger partial charge in [-0.1, -0.05) is 62.9 Å². The summed E-state index contributed by atoms with van der Waals surface area (Å²) in [6.07, 6.45) is 5.11. The van der Waals surface area contributed by atoms with Crippen molar-refractivity contribution in [3.05, 3.63) is 106 Å². The molecule has 0 bridgehead atoms.